The highest BCUT2D eigenvalue weighted by Crippen LogP contribution is 2.38. The molecule has 0 amide bonds. The molecule has 1 aliphatic rings. The fraction of sp³-hybridized carbons (Fsp3) is 0.483. The summed E-state index contributed by atoms with van der Waals surface area (Å²) in [5.74, 6) is 1.41. The molecule has 1 N–H and O–H groups in total. The zero-order valence-corrected chi connectivity index (χ0v) is 19.3. The lowest BCUT2D eigenvalue weighted by atomic mass is 9.76. The van der Waals surface area contributed by atoms with Gasteiger partial charge >= 0.3 is 0 Å². The maximum Gasteiger partial charge on any atom is 0.135 e. The van der Waals surface area contributed by atoms with Crippen LogP contribution in [0.2, 0.25) is 0 Å². The number of carbonyl (C=O) groups excluding carboxylic acids is 1. The molecule has 1 aliphatic carbocycles. The number of fused-ring (bicyclic) bond motifs is 1. The number of nitrogens with one attached hydrogen (secondary N) is 1. The number of aromatic amines is 1. The predicted molar refractivity (Wildman–Crippen MR) is 132 cm³/mol. The van der Waals surface area contributed by atoms with Crippen molar-refractivity contribution in [1.82, 2.24) is 4.98 Å². The van der Waals surface area contributed by atoms with Crippen molar-refractivity contribution in [3.63, 3.8) is 0 Å². The first-order valence-electron chi connectivity index (χ1n) is 12.4. The molecule has 1 saturated carbocycles. The van der Waals surface area contributed by atoms with E-state index in [1.807, 2.05) is 0 Å². The Hall–Kier alpha value is -2.35. The Morgan fingerprint density at radius 3 is 2.48 bits per heavy atom. The van der Waals surface area contributed by atoms with Crippen LogP contribution in [0.4, 0.5) is 0 Å². The van der Waals surface area contributed by atoms with E-state index in [4.69, 9.17) is 0 Å². The van der Waals surface area contributed by atoms with Crippen LogP contribution in [0, 0.1) is 12.8 Å². The Bertz CT molecular complexity index is 974. The first kappa shape index (κ1) is 21.9. The molecular weight excluding hydrogens is 378 g/mol. The van der Waals surface area contributed by atoms with Gasteiger partial charge in [-0.1, -0.05) is 62.9 Å². The number of aryl methyl sites for hydroxylation is 1. The van der Waals surface area contributed by atoms with Crippen LogP contribution in [0.25, 0.3) is 22.2 Å². The number of carbonyl (C=O) groups is 1. The highest BCUT2D eigenvalue weighted by molar-refractivity contribution is 5.86. The fourth-order valence-electron chi connectivity index (χ4n) is 5.26. The number of ketones is 1. The summed E-state index contributed by atoms with van der Waals surface area (Å²) in [7, 11) is 0. The number of benzene rings is 2. The summed E-state index contributed by atoms with van der Waals surface area (Å²) < 4.78 is 0. The van der Waals surface area contributed by atoms with Crippen LogP contribution in [-0.4, -0.2) is 10.8 Å². The quantitative estimate of drug-likeness (QED) is 0.350. The fourth-order valence-corrected chi connectivity index (χ4v) is 5.26. The van der Waals surface area contributed by atoms with Crippen LogP contribution in [0.3, 0.4) is 0 Å². The SMILES string of the molecule is CCCCCCCC(=O)C1CCC(c2ccc(C)c(-c3cc4ccccc4[nH]3)c2)CC1. The number of hydrogen-bond acceptors (Lipinski definition) is 1. The number of aromatic nitrogens is 1. The van der Waals surface area contributed by atoms with Gasteiger partial charge in [-0.3, -0.25) is 4.79 Å². The third-order valence-corrected chi connectivity index (χ3v) is 7.26. The van der Waals surface area contributed by atoms with E-state index in [-0.39, 0.29) is 0 Å². The second-order valence-corrected chi connectivity index (χ2v) is 9.52. The molecule has 164 valence electrons. The molecule has 3 aromatic rings. The molecule has 1 aromatic heterocycles. The number of H-pyrrole nitrogens is 1. The van der Waals surface area contributed by atoms with Crippen LogP contribution in [0.15, 0.2) is 48.5 Å². The summed E-state index contributed by atoms with van der Waals surface area (Å²) in [5.41, 5.74) is 6.44. The van der Waals surface area contributed by atoms with E-state index < -0.39 is 0 Å². The molecule has 2 aromatic carbocycles. The highest BCUT2D eigenvalue weighted by Gasteiger charge is 2.27. The van der Waals surface area contributed by atoms with Gasteiger partial charge in [-0.05, 0) is 74.3 Å². The number of hydrogen-bond donors (Lipinski definition) is 1. The monoisotopic (exact) mass is 415 g/mol. The minimum atomic E-state index is 0.307. The third-order valence-electron chi connectivity index (χ3n) is 7.26. The van der Waals surface area contributed by atoms with Crippen molar-refractivity contribution in [2.24, 2.45) is 5.92 Å². The molecule has 1 heterocycles. The Balaban J connectivity index is 1.38. The van der Waals surface area contributed by atoms with E-state index in [1.165, 1.54) is 59.0 Å². The van der Waals surface area contributed by atoms with E-state index in [2.05, 4.69) is 67.4 Å². The summed E-state index contributed by atoms with van der Waals surface area (Å²) in [6, 6.07) is 17.7. The molecule has 31 heavy (non-hydrogen) atoms. The standard InChI is InChI=1S/C29H37NO/c1-3-4-5-6-7-12-29(31)23-17-15-22(16-18-23)24-14-13-21(2)26(19-24)28-20-25-10-8-9-11-27(25)30-28/h8-11,13-14,19-20,22-23,30H,3-7,12,15-18H2,1-2H3. The van der Waals surface area contributed by atoms with Crippen LogP contribution in [-0.2, 0) is 4.79 Å². The molecule has 0 bridgehead atoms. The average molecular weight is 416 g/mol. The Kier molecular flexibility index (Phi) is 7.27. The van der Waals surface area contributed by atoms with E-state index in [0.29, 0.717) is 17.6 Å². The maximum absolute atomic E-state index is 12.6. The molecular formula is C29H37NO. The van der Waals surface area contributed by atoms with Crippen molar-refractivity contribution < 1.29 is 4.79 Å². The summed E-state index contributed by atoms with van der Waals surface area (Å²) in [6.45, 7) is 4.43. The van der Waals surface area contributed by atoms with Crippen molar-refractivity contribution in [3.05, 3.63) is 59.7 Å². The second-order valence-electron chi connectivity index (χ2n) is 9.52. The van der Waals surface area contributed by atoms with Crippen molar-refractivity contribution >= 4 is 16.7 Å². The van der Waals surface area contributed by atoms with Gasteiger partial charge in [-0.25, -0.2) is 0 Å². The zero-order chi connectivity index (χ0) is 21.6. The molecule has 0 atom stereocenters. The lowest BCUT2D eigenvalue weighted by Crippen LogP contribution is -2.21. The molecule has 2 nitrogen and oxygen atoms in total. The minimum absolute atomic E-state index is 0.307. The van der Waals surface area contributed by atoms with Crippen molar-refractivity contribution in [2.45, 2.75) is 84.0 Å². The first-order chi connectivity index (χ1) is 15.2. The highest BCUT2D eigenvalue weighted by atomic mass is 16.1. The largest absolute Gasteiger partial charge is 0.355 e. The predicted octanol–water partition coefficient (Wildman–Crippen LogP) is 8.35. The normalized spacial score (nSPS) is 19.0. The lowest BCUT2D eigenvalue weighted by Gasteiger charge is -2.28. The van der Waals surface area contributed by atoms with Gasteiger partial charge in [-0.15, -0.1) is 0 Å². The summed E-state index contributed by atoms with van der Waals surface area (Å²) in [5, 5.41) is 1.26. The molecule has 1 fully saturated rings. The molecule has 0 spiro atoms. The van der Waals surface area contributed by atoms with E-state index in [1.54, 1.807) is 0 Å². The number of rotatable bonds is 9. The van der Waals surface area contributed by atoms with Gasteiger partial charge in [0.15, 0.2) is 0 Å². The van der Waals surface area contributed by atoms with E-state index in [9.17, 15) is 4.79 Å². The van der Waals surface area contributed by atoms with Crippen molar-refractivity contribution in [1.29, 1.82) is 0 Å². The van der Waals surface area contributed by atoms with Gasteiger partial charge in [-0.2, -0.15) is 0 Å². The summed E-state index contributed by atoms with van der Waals surface area (Å²) in [6.07, 6.45) is 11.4. The summed E-state index contributed by atoms with van der Waals surface area (Å²) >= 11 is 0. The van der Waals surface area contributed by atoms with Gasteiger partial charge in [0, 0.05) is 34.5 Å². The smallest absolute Gasteiger partial charge is 0.135 e. The van der Waals surface area contributed by atoms with Gasteiger partial charge in [0.1, 0.15) is 5.78 Å². The number of unbranched alkanes of at least 4 members (excludes halogenated alkanes) is 4. The van der Waals surface area contributed by atoms with E-state index in [0.717, 1.165) is 38.5 Å². The molecule has 0 aliphatic heterocycles. The topological polar surface area (TPSA) is 32.9 Å². The summed E-state index contributed by atoms with van der Waals surface area (Å²) in [4.78, 5) is 16.2. The number of Topliss-reactive ketones (excluding diaryl/α,β-unsaturated/α-hetero) is 1. The first-order valence-corrected chi connectivity index (χ1v) is 12.4. The van der Waals surface area contributed by atoms with Crippen molar-refractivity contribution in [2.75, 3.05) is 0 Å². The zero-order valence-electron chi connectivity index (χ0n) is 19.3. The maximum atomic E-state index is 12.6. The third kappa shape index (κ3) is 5.29. The Labute approximate surface area is 187 Å². The van der Waals surface area contributed by atoms with Crippen LogP contribution in [0.5, 0.6) is 0 Å². The Morgan fingerprint density at radius 1 is 0.935 bits per heavy atom. The molecule has 2 heteroatoms. The minimum Gasteiger partial charge on any atom is -0.355 e. The van der Waals surface area contributed by atoms with Crippen LogP contribution in [0.1, 0.15) is 88.2 Å². The molecule has 0 radical (unpaired) electrons. The molecule has 4 rings (SSSR count). The second kappa shape index (κ2) is 10.3. The van der Waals surface area contributed by atoms with Crippen LogP contribution >= 0.6 is 0 Å². The van der Waals surface area contributed by atoms with Gasteiger partial charge in [0.2, 0.25) is 0 Å². The van der Waals surface area contributed by atoms with Crippen LogP contribution < -0.4 is 0 Å². The number of para-hydroxylation sites is 1. The lowest BCUT2D eigenvalue weighted by molar-refractivity contribution is -0.124. The van der Waals surface area contributed by atoms with Gasteiger partial charge in [0.05, 0.1) is 0 Å². The van der Waals surface area contributed by atoms with E-state index >= 15 is 0 Å². The van der Waals surface area contributed by atoms with Crippen molar-refractivity contribution in [3.8, 4) is 11.3 Å². The molecule has 0 saturated heterocycles. The van der Waals surface area contributed by atoms with Gasteiger partial charge in [0.25, 0.3) is 0 Å². The Morgan fingerprint density at radius 2 is 1.71 bits per heavy atom. The molecule has 0 unspecified atom stereocenters. The van der Waals surface area contributed by atoms with Gasteiger partial charge < -0.3 is 4.98 Å². The average Bonchev–Trinajstić information content (AvgIpc) is 3.23.